The van der Waals surface area contributed by atoms with E-state index in [4.69, 9.17) is 9.57 Å². The van der Waals surface area contributed by atoms with E-state index in [1.807, 2.05) is 26.3 Å². The van der Waals surface area contributed by atoms with Gasteiger partial charge in [0.15, 0.2) is 5.16 Å². The molecule has 3 aromatic rings. The van der Waals surface area contributed by atoms with Crippen LogP contribution >= 0.6 is 11.8 Å². The molecule has 1 atom stereocenters. The Bertz CT molecular complexity index is 1460. The zero-order chi connectivity index (χ0) is 34.2. The minimum Gasteiger partial charge on any atom is -0.480 e. The van der Waals surface area contributed by atoms with Crippen molar-refractivity contribution in [3.63, 3.8) is 0 Å². The highest BCUT2D eigenvalue weighted by Crippen LogP contribution is 2.21. The van der Waals surface area contributed by atoms with Gasteiger partial charge in [-0.2, -0.15) is 5.06 Å². The Labute approximate surface area is 277 Å². The van der Waals surface area contributed by atoms with E-state index in [0.717, 1.165) is 11.1 Å². The molecule has 0 aliphatic rings. The molecule has 0 bridgehead atoms. The van der Waals surface area contributed by atoms with E-state index < -0.39 is 36.3 Å². The fourth-order valence-corrected chi connectivity index (χ4v) is 4.34. The number of aliphatic carboxylic acids is 1. The molecule has 3 amide bonds. The first kappa shape index (κ1) is 37.0. The van der Waals surface area contributed by atoms with Crippen molar-refractivity contribution in [1.29, 1.82) is 0 Å². The Kier molecular flexibility index (Phi) is 14.7. The minimum absolute atomic E-state index is 0.0995. The van der Waals surface area contributed by atoms with Crippen LogP contribution in [0.3, 0.4) is 0 Å². The third kappa shape index (κ3) is 13.8. The first-order valence-corrected chi connectivity index (χ1v) is 15.9. The van der Waals surface area contributed by atoms with Crippen LogP contribution in [0.25, 0.3) is 11.3 Å². The molecule has 2 aromatic heterocycles. The smallest absolute Gasteiger partial charge is 0.326 e. The summed E-state index contributed by atoms with van der Waals surface area (Å²) in [4.78, 5) is 62.1. The van der Waals surface area contributed by atoms with Crippen LogP contribution < -0.4 is 16.0 Å². The van der Waals surface area contributed by atoms with Crippen molar-refractivity contribution in [3.05, 3.63) is 54.5 Å². The van der Waals surface area contributed by atoms with Gasteiger partial charge in [0, 0.05) is 43.4 Å². The van der Waals surface area contributed by atoms with Gasteiger partial charge in [0.1, 0.15) is 18.3 Å². The molecular weight excluding hydrogens is 630 g/mol. The standard InChI is InChI=1S/C30H41N9O7S/c1-30(2,19-39-17-24(36-37-39)22-13-33-29(47-4)34-14-22)20-46-38(3)10-11-45-18-27(42)32-15-25(40)31-16-26(41)35-23(28(43)44)12-21-8-6-5-7-9-21/h5-9,13-14,17,23H,10-12,15-16,18-20H2,1-4H3,(H,31,40)(H,32,42)(H,35,41)(H,43,44). The first-order valence-electron chi connectivity index (χ1n) is 14.7. The second kappa shape index (κ2) is 18.6. The number of aromatic nitrogens is 5. The fourth-order valence-electron chi connectivity index (χ4n) is 4.02. The molecule has 16 nitrogen and oxygen atoms in total. The summed E-state index contributed by atoms with van der Waals surface area (Å²) in [6, 6.07) is 7.71. The van der Waals surface area contributed by atoms with Crippen molar-refractivity contribution in [2.24, 2.45) is 5.41 Å². The number of hydroxylamine groups is 2. The van der Waals surface area contributed by atoms with E-state index >= 15 is 0 Å². The van der Waals surface area contributed by atoms with Crippen LogP contribution in [-0.2, 0) is 41.7 Å². The number of hydrogen-bond donors (Lipinski definition) is 4. The van der Waals surface area contributed by atoms with Crippen molar-refractivity contribution >= 4 is 35.5 Å². The van der Waals surface area contributed by atoms with Crippen LogP contribution in [-0.4, -0.2) is 118 Å². The Balaban J connectivity index is 1.25. The van der Waals surface area contributed by atoms with Gasteiger partial charge in [-0.1, -0.05) is 61.2 Å². The fraction of sp³-hybridized carbons (Fsp3) is 0.467. The van der Waals surface area contributed by atoms with E-state index in [0.29, 0.717) is 30.5 Å². The number of nitrogens with one attached hydrogen (secondary N) is 3. The van der Waals surface area contributed by atoms with Crippen LogP contribution in [0, 0.1) is 5.41 Å². The monoisotopic (exact) mass is 671 g/mol. The highest BCUT2D eigenvalue weighted by Gasteiger charge is 2.22. The number of carbonyl (C=O) groups excluding carboxylic acids is 3. The van der Waals surface area contributed by atoms with Crippen LogP contribution in [0.4, 0.5) is 0 Å². The second-order valence-corrected chi connectivity index (χ2v) is 12.1. The number of thioether (sulfide) groups is 1. The Morgan fingerprint density at radius 1 is 1.04 bits per heavy atom. The Morgan fingerprint density at radius 3 is 2.40 bits per heavy atom. The summed E-state index contributed by atoms with van der Waals surface area (Å²) in [5.74, 6) is -2.98. The molecule has 1 unspecified atom stereocenters. The molecular formula is C30H41N9O7S. The van der Waals surface area contributed by atoms with Gasteiger partial charge in [0.2, 0.25) is 17.7 Å². The summed E-state index contributed by atoms with van der Waals surface area (Å²) < 4.78 is 7.13. The summed E-state index contributed by atoms with van der Waals surface area (Å²) >= 11 is 1.46. The molecule has 0 radical (unpaired) electrons. The molecule has 3 rings (SSSR count). The molecule has 0 saturated heterocycles. The number of ether oxygens (including phenoxy) is 1. The number of carboxylic acids is 1. The van der Waals surface area contributed by atoms with Crippen molar-refractivity contribution in [1.82, 2.24) is 46.0 Å². The molecule has 2 heterocycles. The number of carboxylic acid groups (broad SMARTS) is 1. The quantitative estimate of drug-likeness (QED) is 0.0557. The van der Waals surface area contributed by atoms with Crippen LogP contribution in [0.1, 0.15) is 19.4 Å². The highest BCUT2D eigenvalue weighted by molar-refractivity contribution is 7.98. The van der Waals surface area contributed by atoms with Gasteiger partial charge in [0.25, 0.3) is 0 Å². The van der Waals surface area contributed by atoms with Crippen molar-refractivity contribution in [3.8, 4) is 11.3 Å². The number of nitrogens with zero attached hydrogens (tertiary/aromatic N) is 6. The van der Waals surface area contributed by atoms with Gasteiger partial charge in [-0.15, -0.1) is 5.10 Å². The summed E-state index contributed by atoms with van der Waals surface area (Å²) in [5, 5.41) is 27.3. The molecule has 0 aliphatic carbocycles. The van der Waals surface area contributed by atoms with Gasteiger partial charge in [0.05, 0.1) is 39.0 Å². The Morgan fingerprint density at radius 2 is 1.72 bits per heavy atom. The second-order valence-electron chi connectivity index (χ2n) is 11.3. The third-order valence-corrected chi connectivity index (χ3v) is 7.08. The summed E-state index contributed by atoms with van der Waals surface area (Å²) in [7, 11) is 1.76. The topological polar surface area (TPSA) is 203 Å². The maximum absolute atomic E-state index is 12.1. The van der Waals surface area contributed by atoms with Gasteiger partial charge in [-0.05, 0) is 11.8 Å². The molecule has 0 aliphatic heterocycles. The number of likely N-dealkylation sites (N-methyl/N-ethyl adjacent to an activating group) is 1. The average molecular weight is 672 g/mol. The molecule has 17 heteroatoms. The van der Waals surface area contributed by atoms with Crippen molar-refractivity contribution in [2.75, 3.05) is 52.8 Å². The van der Waals surface area contributed by atoms with E-state index in [1.165, 1.54) is 11.8 Å². The predicted octanol–water partition coefficient (Wildman–Crippen LogP) is 0.408. The van der Waals surface area contributed by atoms with E-state index in [-0.39, 0.29) is 31.6 Å². The van der Waals surface area contributed by atoms with Gasteiger partial charge in [-0.25, -0.2) is 14.8 Å². The number of benzene rings is 1. The Hall–Kier alpha value is -4.45. The molecule has 0 fully saturated rings. The lowest BCUT2D eigenvalue weighted by atomic mass is 9.95. The van der Waals surface area contributed by atoms with E-state index in [2.05, 4.69) is 36.2 Å². The molecule has 254 valence electrons. The third-order valence-electron chi connectivity index (χ3n) is 6.50. The lowest BCUT2D eigenvalue weighted by Gasteiger charge is -2.27. The van der Waals surface area contributed by atoms with Gasteiger partial charge < -0.3 is 25.8 Å². The molecule has 4 N–H and O–H groups in total. The highest BCUT2D eigenvalue weighted by atomic mass is 32.2. The molecule has 47 heavy (non-hydrogen) atoms. The van der Waals surface area contributed by atoms with E-state index in [1.54, 1.807) is 59.5 Å². The van der Waals surface area contributed by atoms with Gasteiger partial charge >= 0.3 is 5.97 Å². The zero-order valence-corrected chi connectivity index (χ0v) is 27.7. The maximum atomic E-state index is 12.1. The van der Waals surface area contributed by atoms with Crippen LogP contribution in [0.2, 0.25) is 0 Å². The number of carbonyl (C=O) groups is 4. The first-order chi connectivity index (χ1) is 22.4. The normalized spacial score (nSPS) is 12.0. The summed E-state index contributed by atoms with van der Waals surface area (Å²) in [6.45, 7) is 4.55. The van der Waals surface area contributed by atoms with E-state index in [9.17, 15) is 24.3 Å². The molecule has 0 saturated carbocycles. The average Bonchev–Trinajstić information content (AvgIpc) is 3.51. The molecule has 1 aromatic carbocycles. The molecule has 0 spiro atoms. The van der Waals surface area contributed by atoms with Crippen molar-refractivity contribution in [2.45, 2.75) is 38.0 Å². The lowest BCUT2D eigenvalue weighted by Crippen LogP contribution is -2.48. The SMILES string of the molecule is CSc1ncc(-c2cn(CC(C)(C)CON(C)CCOCC(=O)NCC(=O)NCC(=O)NC(Cc3ccccc3)C(=O)O)nn2)cn1. The van der Waals surface area contributed by atoms with Gasteiger partial charge in [-0.3, -0.25) is 23.9 Å². The minimum atomic E-state index is -1.19. The number of rotatable bonds is 20. The van der Waals surface area contributed by atoms with Crippen molar-refractivity contribution < 1.29 is 33.9 Å². The zero-order valence-electron chi connectivity index (χ0n) is 26.8. The maximum Gasteiger partial charge on any atom is 0.326 e. The predicted molar refractivity (Wildman–Crippen MR) is 172 cm³/mol. The summed E-state index contributed by atoms with van der Waals surface area (Å²) in [5.41, 5.74) is 1.94. The number of amides is 3. The number of hydrogen-bond acceptors (Lipinski definition) is 12. The largest absolute Gasteiger partial charge is 0.480 e. The lowest BCUT2D eigenvalue weighted by molar-refractivity contribution is -0.172. The van der Waals surface area contributed by atoms with Crippen LogP contribution in [0.15, 0.2) is 54.1 Å². The van der Waals surface area contributed by atoms with Crippen LogP contribution in [0.5, 0.6) is 0 Å². The summed E-state index contributed by atoms with van der Waals surface area (Å²) in [6.07, 6.45) is 7.29.